The maximum atomic E-state index is 13.0. The molecule has 4 rings (SSSR count). The molecule has 136 valence electrons. The lowest BCUT2D eigenvalue weighted by Gasteiger charge is -2.00. The number of furan rings is 1. The number of thiazole rings is 1. The van der Waals surface area contributed by atoms with Gasteiger partial charge in [-0.3, -0.25) is 10.1 Å². The van der Waals surface area contributed by atoms with Crippen molar-refractivity contribution >= 4 is 33.3 Å². The topological polar surface area (TPSA) is 64.4 Å². The van der Waals surface area contributed by atoms with E-state index in [1.54, 1.807) is 36.8 Å². The van der Waals surface area contributed by atoms with Crippen LogP contribution in [0.3, 0.4) is 0 Å². The second-order valence-corrected chi connectivity index (χ2v) is 6.78. The summed E-state index contributed by atoms with van der Waals surface area (Å²) >= 11 is 1.29. The molecular formula is C20H15FN2O3S. The minimum absolute atomic E-state index is 0.233. The van der Waals surface area contributed by atoms with Crippen LogP contribution >= 0.6 is 11.3 Å². The van der Waals surface area contributed by atoms with Crippen LogP contribution in [-0.2, 0) is 0 Å². The summed E-state index contributed by atoms with van der Waals surface area (Å²) in [5.74, 6) is 0.251. The van der Waals surface area contributed by atoms with Crippen LogP contribution in [0.5, 0.6) is 5.75 Å². The molecule has 0 aliphatic heterocycles. The third-order valence-corrected chi connectivity index (χ3v) is 4.97. The van der Waals surface area contributed by atoms with E-state index < -0.39 is 0 Å². The zero-order chi connectivity index (χ0) is 19.0. The average molecular weight is 382 g/mol. The first kappa shape index (κ1) is 17.2. The van der Waals surface area contributed by atoms with Gasteiger partial charge in [0.1, 0.15) is 17.1 Å². The molecule has 0 saturated carbocycles. The molecule has 0 aliphatic rings. The summed E-state index contributed by atoms with van der Waals surface area (Å²) in [6.45, 7) is 1.83. The minimum atomic E-state index is -0.373. The third kappa shape index (κ3) is 3.29. The number of nitrogens with one attached hydrogen (secondary N) is 1. The van der Waals surface area contributed by atoms with Gasteiger partial charge in [0.05, 0.1) is 12.8 Å². The Kier molecular flexibility index (Phi) is 4.37. The molecule has 27 heavy (non-hydrogen) atoms. The van der Waals surface area contributed by atoms with Gasteiger partial charge in [0, 0.05) is 21.9 Å². The number of carbonyl (C=O) groups is 1. The highest BCUT2D eigenvalue weighted by atomic mass is 32.1. The summed E-state index contributed by atoms with van der Waals surface area (Å²) in [5, 5.41) is 5.83. The fraction of sp³-hybridized carbons (Fsp3) is 0.100. The lowest BCUT2D eigenvalue weighted by molar-refractivity contribution is 0.0998. The van der Waals surface area contributed by atoms with E-state index in [2.05, 4.69) is 10.3 Å². The number of halogens is 1. The highest BCUT2D eigenvalue weighted by Gasteiger charge is 2.19. The van der Waals surface area contributed by atoms with Gasteiger partial charge in [-0.25, -0.2) is 9.37 Å². The first-order chi connectivity index (χ1) is 13.0. The summed E-state index contributed by atoms with van der Waals surface area (Å²) < 4.78 is 24.0. The van der Waals surface area contributed by atoms with Crippen molar-refractivity contribution in [1.82, 2.24) is 4.98 Å². The Morgan fingerprint density at radius 1 is 1.22 bits per heavy atom. The number of nitrogens with zero attached hydrogens (tertiary/aromatic N) is 1. The summed E-state index contributed by atoms with van der Waals surface area (Å²) in [4.78, 5) is 17.0. The number of benzene rings is 2. The van der Waals surface area contributed by atoms with E-state index in [0.717, 1.165) is 16.5 Å². The van der Waals surface area contributed by atoms with E-state index in [0.29, 0.717) is 22.2 Å². The number of carbonyl (C=O) groups excluding carboxylic acids is 1. The van der Waals surface area contributed by atoms with Gasteiger partial charge in [0.2, 0.25) is 0 Å². The number of hydrogen-bond acceptors (Lipinski definition) is 5. The third-order valence-electron chi connectivity index (χ3n) is 4.21. The largest absolute Gasteiger partial charge is 0.497 e. The smallest absolute Gasteiger partial charge is 0.293 e. The monoisotopic (exact) mass is 382 g/mol. The van der Waals surface area contributed by atoms with E-state index >= 15 is 0 Å². The van der Waals surface area contributed by atoms with Gasteiger partial charge in [-0.15, -0.1) is 11.3 Å². The number of aryl methyl sites for hydroxylation is 1. The molecule has 0 aliphatic carbocycles. The molecule has 0 saturated heterocycles. The van der Waals surface area contributed by atoms with Crippen LogP contribution in [0.15, 0.2) is 52.3 Å². The first-order valence-electron chi connectivity index (χ1n) is 8.15. The number of rotatable bonds is 4. The van der Waals surface area contributed by atoms with Gasteiger partial charge in [0.15, 0.2) is 10.9 Å². The lowest BCUT2D eigenvalue weighted by Crippen LogP contribution is -2.11. The molecule has 1 N–H and O–H groups in total. The van der Waals surface area contributed by atoms with Crippen molar-refractivity contribution in [2.24, 2.45) is 0 Å². The Morgan fingerprint density at radius 2 is 2.00 bits per heavy atom. The highest BCUT2D eigenvalue weighted by molar-refractivity contribution is 7.14. The van der Waals surface area contributed by atoms with Crippen molar-refractivity contribution in [3.63, 3.8) is 0 Å². The second kappa shape index (κ2) is 6.85. The zero-order valence-electron chi connectivity index (χ0n) is 14.6. The van der Waals surface area contributed by atoms with Gasteiger partial charge in [-0.1, -0.05) is 0 Å². The van der Waals surface area contributed by atoms with Crippen LogP contribution in [0.2, 0.25) is 0 Å². The first-order valence-corrected chi connectivity index (χ1v) is 9.03. The highest BCUT2D eigenvalue weighted by Crippen LogP contribution is 2.30. The van der Waals surface area contributed by atoms with Crippen molar-refractivity contribution in [3.8, 4) is 17.0 Å². The SMILES string of the molecule is COc1ccc2oc(C(=O)Nc3nc(-c4ccc(F)cc4)cs3)c(C)c2c1. The van der Waals surface area contributed by atoms with Gasteiger partial charge < -0.3 is 9.15 Å². The quantitative estimate of drug-likeness (QED) is 0.523. The Hall–Kier alpha value is -3.19. The number of fused-ring (bicyclic) bond motifs is 1. The number of ether oxygens (including phenoxy) is 1. The fourth-order valence-electron chi connectivity index (χ4n) is 2.78. The van der Waals surface area contributed by atoms with E-state index in [1.807, 2.05) is 13.0 Å². The predicted octanol–water partition coefficient (Wildman–Crippen LogP) is 5.26. The van der Waals surface area contributed by atoms with Gasteiger partial charge in [0.25, 0.3) is 5.91 Å². The molecule has 0 unspecified atom stereocenters. The van der Waals surface area contributed by atoms with Crippen molar-refractivity contribution < 1.29 is 18.3 Å². The van der Waals surface area contributed by atoms with E-state index in [9.17, 15) is 9.18 Å². The number of aromatic nitrogens is 1. The molecule has 2 aromatic heterocycles. The Morgan fingerprint density at radius 3 is 2.74 bits per heavy atom. The number of amides is 1. The molecule has 2 aromatic carbocycles. The standard InChI is InChI=1S/C20H15FN2O3S/c1-11-15-9-14(25-2)7-8-17(15)26-18(11)19(24)23-20-22-16(10-27-20)12-3-5-13(21)6-4-12/h3-10H,1-2H3,(H,22,23,24). The molecule has 0 radical (unpaired) electrons. The molecular weight excluding hydrogens is 367 g/mol. The van der Waals surface area contributed by atoms with Crippen LogP contribution in [0.4, 0.5) is 9.52 Å². The molecule has 4 aromatic rings. The van der Waals surface area contributed by atoms with Crippen LogP contribution in [0.25, 0.3) is 22.2 Å². The summed E-state index contributed by atoms with van der Waals surface area (Å²) in [6.07, 6.45) is 0. The minimum Gasteiger partial charge on any atom is -0.497 e. The number of methoxy groups -OCH3 is 1. The van der Waals surface area contributed by atoms with Gasteiger partial charge in [-0.05, 0) is 49.4 Å². The average Bonchev–Trinajstić information content (AvgIpc) is 3.27. The van der Waals surface area contributed by atoms with Crippen LogP contribution < -0.4 is 10.1 Å². The maximum absolute atomic E-state index is 13.0. The fourth-order valence-corrected chi connectivity index (χ4v) is 3.50. The summed E-state index contributed by atoms with van der Waals surface area (Å²) in [5.41, 5.74) is 2.79. The van der Waals surface area contributed by atoms with Crippen molar-refractivity contribution in [1.29, 1.82) is 0 Å². The summed E-state index contributed by atoms with van der Waals surface area (Å²) in [7, 11) is 1.59. The van der Waals surface area contributed by atoms with Crippen LogP contribution in [0, 0.1) is 12.7 Å². The van der Waals surface area contributed by atoms with Crippen molar-refractivity contribution in [2.75, 3.05) is 12.4 Å². The molecule has 7 heteroatoms. The molecule has 2 heterocycles. The van der Waals surface area contributed by atoms with E-state index in [-0.39, 0.29) is 17.5 Å². The maximum Gasteiger partial charge on any atom is 0.293 e. The Balaban J connectivity index is 1.58. The molecule has 5 nitrogen and oxygen atoms in total. The lowest BCUT2D eigenvalue weighted by atomic mass is 10.1. The molecule has 0 bridgehead atoms. The van der Waals surface area contributed by atoms with E-state index in [4.69, 9.17) is 9.15 Å². The van der Waals surface area contributed by atoms with Crippen molar-refractivity contribution in [2.45, 2.75) is 6.92 Å². The number of hydrogen-bond donors (Lipinski definition) is 1. The van der Waals surface area contributed by atoms with Gasteiger partial charge >= 0.3 is 0 Å². The van der Waals surface area contributed by atoms with Gasteiger partial charge in [-0.2, -0.15) is 0 Å². The Bertz CT molecular complexity index is 1130. The van der Waals surface area contributed by atoms with Crippen LogP contribution in [0.1, 0.15) is 16.1 Å². The normalized spacial score (nSPS) is 10.9. The van der Waals surface area contributed by atoms with Crippen LogP contribution in [-0.4, -0.2) is 18.0 Å². The van der Waals surface area contributed by atoms with E-state index in [1.165, 1.54) is 23.5 Å². The molecule has 0 spiro atoms. The second-order valence-electron chi connectivity index (χ2n) is 5.92. The molecule has 1 amide bonds. The predicted molar refractivity (Wildman–Crippen MR) is 103 cm³/mol. The number of anilines is 1. The molecule has 0 atom stereocenters. The summed E-state index contributed by atoms with van der Waals surface area (Å²) in [6, 6.07) is 11.4. The Labute approximate surface area is 158 Å². The molecule has 0 fully saturated rings. The zero-order valence-corrected chi connectivity index (χ0v) is 15.4. The van der Waals surface area contributed by atoms with Crippen molar-refractivity contribution in [3.05, 3.63) is 65.0 Å².